The van der Waals surface area contributed by atoms with E-state index in [-0.39, 0.29) is 36.0 Å². The van der Waals surface area contributed by atoms with Crippen molar-refractivity contribution in [3.63, 3.8) is 0 Å². The molecule has 0 saturated carbocycles. The fourth-order valence-electron chi connectivity index (χ4n) is 7.52. The number of carbonyl (C=O) groups is 2. The van der Waals surface area contributed by atoms with Gasteiger partial charge in [-0.3, -0.25) is 4.79 Å². The fraction of sp³-hybridized carbons (Fsp3) is 0.333. The standard InChI is InChI=1S/C42H44FNO12/c1-47-20-30-29(19-45)38(24-15-36(51-5)41(54-8)37(16-24)52-6)27-17-32-33(56-21-55-32)18-28(27)39(30)44-42(46)26(12-23-11-25(48-2)9-10-31(23)43)22-13-34(49-3)40(53-7)35(14-22)50-4/h9-19,29-30,38-39H,20-21H2,1-8H3,(H,44,46)/b26-12+/t29-,30-,38+,39+/m0/s1. The lowest BCUT2D eigenvalue weighted by atomic mass is 9.64. The van der Waals surface area contributed by atoms with Crippen molar-refractivity contribution in [3.8, 4) is 51.7 Å². The van der Waals surface area contributed by atoms with Crippen LogP contribution in [0.1, 0.15) is 39.8 Å². The molecule has 4 aromatic carbocycles. The number of ether oxygens (including phenoxy) is 10. The number of hydrogen-bond acceptors (Lipinski definition) is 12. The van der Waals surface area contributed by atoms with Crippen molar-refractivity contribution >= 4 is 23.8 Å². The lowest BCUT2D eigenvalue weighted by molar-refractivity contribution is -0.119. The van der Waals surface area contributed by atoms with Crippen LogP contribution >= 0.6 is 0 Å². The van der Waals surface area contributed by atoms with Crippen LogP contribution in [0.4, 0.5) is 4.39 Å². The number of nitrogens with one attached hydrogen (secondary N) is 1. The Morgan fingerprint density at radius 3 is 1.84 bits per heavy atom. The molecule has 2 aliphatic rings. The van der Waals surface area contributed by atoms with E-state index in [1.165, 1.54) is 81.2 Å². The topological polar surface area (TPSA) is 138 Å². The molecule has 4 aromatic rings. The first-order chi connectivity index (χ1) is 27.2. The minimum absolute atomic E-state index is 0.0111. The Bertz CT molecular complexity index is 2090. The van der Waals surface area contributed by atoms with Gasteiger partial charge in [-0.05, 0) is 82.9 Å². The third-order valence-electron chi connectivity index (χ3n) is 10.1. The highest BCUT2D eigenvalue weighted by molar-refractivity contribution is 6.24. The molecular formula is C42H44FNO12. The van der Waals surface area contributed by atoms with Gasteiger partial charge in [0.1, 0.15) is 17.9 Å². The minimum atomic E-state index is -0.832. The second-order valence-corrected chi connectivity index (χ2v) is 12.9. The van der Waals surface area contributed by atoms with Crippen molar-refractivity contribution in [2.24, 2.45) is 11.8 Å². The minimum Gasteiger partial charge on any atom is -0.497 e. The second-order valence-electron chi connectivity index (χ2n) is 12.9. The SMILES string of the molecule is COC[C@H]1[C@H](C=O)[C@H](c2cc(OC)c(OC)c(OC)c2)c2cc3c(cc2[C@H]1NC(=O)/C(=C/c1cc(OC)ccc1F)c1cc(OC)c(OC)c(OC)c1)OCO3. The molecule has 1 N–H and O–H groups in total. The average molecular weight is 774 g/mol. The predicted octanol–water partition coefficient (Wildman–Crippen LogP) is 6.24. The Hall–Kier alpha value is -6.15. The molecule has 0 spiro atoms. The van der Waals surface area contributed by atoms with Gasteiger partial charge in [0.15, 0.2) is 34.5 Å². The fourth-order valence-corrected chi connectivity index (χ4v) is 7.52. The molecule has 0 saturated heterocycles. The van der Waals surface area contributed by atoms with Gasteiger partial charge in [-0.25, -0.2) is 4.39 Å². The molecule has 0 fully saturated rings. The van der Waals surface area contributed by atoms with Gasteiger partial charge < -0.3 is 57.5 Å². The van der Waals surface area contributed by atoms with E-state index in [1.807, 2.05) is 12.1 Å². The summed E-state index contributed by atoms with van der Waals surface area (Å²) in [5, 5.41) is 3.19. The lowest BCUT2D eigenvalue weighted by Crippen LogP contribution is -2.45. The number of methoxy groups -OCH3 is 8. The highest BCUT2D eigenvalue weighted by Crippen LogP contribution is 2.53. The molecular weight excluding hydrogens is 729 g/mol. The van der Waals surface area contributed by atoms with Gasteiger partial charge in [-0.15, -0.1) is 0 Å². The Labute approximate surface area is 324 Å². The van der Waals surface area contributed by atoms with Crippen LogP contribution in [-0.4, -0.2) is 82.5 Å². The predicted molar refractivity (Wildman–Crippen MR) is 203 cm³/mol. The maximum atomic E-state index is 15.4. The normalized spacial score (nSPS) is 18.3. The van der Waals surface area contributed by atoms with E-state index in [4.69, 9.17) is 47.4 Å². The molecule has 0 radical (unpaired) electrons. The Kier molecular flexibility index (Phi) is 12.1. The van der Waals surface area contributed by atoms with E-state index in [1.54, 1.807) is 24.3 Å². The maximum absolute atomic E-state index is 15.4. The monoisotopic (exact) mass is 773 g/mol. The van der Waals surface area contributed by atoms with Gasteiger partial charge in [0, 0.05) is 36.0 Å². The number of rotatable bonds is 15. The number of halogens is 1. The van der Waals surface area contributed by atoms with E-state index in [9.17, 15) is 9.59 Å². The summed E-state index contributed by atoms with van der Waals surface area (Å²) in [4.78, 5) is 28.4. The van der Waals surface area contributed by atoms with Crippen LogP contribution in [0.15, 0.2) is 54.6 Å². The van der Waals surface area contributed by atoms with Crippen LogP contribution in [0.3, 0.4) is 0 Å². The van der Waals surface area contributed by atoms with Crippen LogP contribution in [0.25, 0.3) is 11.6 Å². The molecule has 296 valence electrons. The zero-order valence-electron chi connectivity index (χ0n) is 32.4. The first-order valence-corrected chi connectivity index (χ1v) is 17.5. The molecule has 1 aliphatic heterocycles. The average Bonchev–Trinajstić information content (AvgIpc) is 3.69. The zero-order chi connectivity index (χ0) is 40.1. The van der Waals surface area contributed by atoms with Crippen LogP contribution in [0.5, 0.6) is 51.7 Å². The van der Waals surface area contributed by atoms with E-state index < -0.39 is 35.5 Å². The molecule has 56 heavy (non-hydrogen) atoms. The number of carbonyl (C=O) groups excluding carboxylic acids is 2. The van der Waals surface area contributed by atoms with E-state index in [2.05, 4.69) is 5.32 Å². The molecule has 1 amide bonds. The smallest absolute Gasteiger partial charge is 0.252 e. The van der Waals surface area contributed by atoms with Gasteiger partial charge in [-0.2, -0.15) is 0 Å². The van der Waals surface area contributed by atoms with Gasteiger partial charge >= 0.3 is 0 Å². The van der Waals surface area contributed by atoms with E-state index in [0.29, 0.717) is 62.5 Å². The van der Waals surface area contributed by atoms with Gasteiger partial charge in [0.25, 0.3) is 5.91 Å². The summed E-state index contributed by atoms with van der Waals surface area (Å²) in [7, 11) is 11.9. The van der Waals surface area contributed by atoms with Crippen LogP contribution < -0.4 is 47.9 Å². The lowest BCUT2D eigenvalue weighted by Gasteiger charge is -2.43. The van der Waals surface area contributed by atoms with Crippen molar-refractivity contribution < 1.29 is 61.3 Å². The number of benzene rings is 4. The summed E-state index contributed by atoms with van der Waals surface area (Å²) in [5.74, 6) is 0.180. The largest absolute Gasteiger partial charge is 0.497 e. The highest BCUT2D eigenvalue weighted by atomic mass is 19.1. The van der Waals surface area contributed by atoms with Crippen LogP contribution in [-0.2, 0) is 14.3 Å². The van der Waals surface area contributed by atoms with Gasteiger partial charge in [-0.1, -0.05) is 0 Å². The zero-order valence-corrected chi connectivity index (χ0v) is 32.4. The quantitative estimate of drug-likeness (QED) is 0.0832. The van der Waals surface area contributed by atoms with Crippen molar-refractivity contribution in [2.75, 3.05) is 70.3 Å². The molecule has 13 nitrogen and oxygen atoms in total. The van der Waals surface area contributed by atoms with Crippen molar-refractivity contribution in [1.82, 2.24) is 5.32 Å². The summed E-state index contributed by atoms with van der Waals surface area (Å²) < 4.78 is 71.9. The van der Waals surface area contributed by atoms with Crippen molar-refractivity contribution in [3.05, 3.63) is 88.2 Å². The van der Waals surface area contributed by atoms with Gasteiger partial charge in [0.05, 0.1) is 62.4 Å². The highest BCUT2D eigenvalue weighted by Gasteiger charge is 2.46. The van der Waals surface area contributed by atoms with Gasteiger partial charge in [0.2, 0.25) is 18.3 Å². The number of amides is 1. The first-order valence-electron chi connectivity index (χ1n) is 17.5. The maximum Gasteiger partial charge on any atom is 0.252 e. The molecule has 4 atom stereocenters. The third-order valence-corrected chi connectivity index (χ3v) is 10.1. The first kappa shape index (κ1) is 39.5. The molecule has 0 bridgehead atoms. The van der Waals surface area contributed by atoms with Crippen molar-refractivity contribution in [2.45, 2.75) is 12.0 Å². The number of fused-ring (bicyclic) bond motifs is 2. The Morgan fingerprint density at radius 2 is 1.32 bits per heavy atom. The summed E-state index contributed by atoms with van der Waals surface area (Å²) in [6.07, 6.45) is 2.28. The number of aldehydes is 1. The summed E-state index contributed by atoms with van der Waals surface area (Å²) in [5.41, 5.74) is 2.48. The summed E-state index contributed by atoms with van der Waals surface area (Å²) in [6.45, 7) is 0.0553. The van der Waals surface area contributed by atoms with E-state index in [0.717, 1.165) is 6.29 Å². The Balaban J connectivity index is 1.56. The number of hydrogen-bond donors (Lipinski definition) is 1. The second kappa shape index (κ2) is 17.1. The molecule has 0 aromatic heterocycles. The summed E-state index contributed by atoms with van der Waals surface area (Å²) >= 11 is 0. The molecule has 0 unspecified atom stereocenters. The van der Waals surface area contributed by atoms with Crippen LogP contribution in [0.2, 0.25) is 0 Å². The molecule has 1 heterocycles. The van der Waals surface area contributed by atoms with Crippen molar-refractivity contribution in [1.29, 1.82) is 0 Å². The summed E-state index contributed by atoms with van der Waals surface area (Å²) in [6, 6.07) is 13.8. The molecule has 14 heteroatoms. The molecule has 1 aliphatic carbocycles. The van der Waals surface area contributed by atoms with Crippen LogP contribution in [0, 0.1) is 17.7 Å². The van der Waals surface area contributed by atoms with E-state index >= 15 is 4.39 Å². The molecule has 6 rings (SSSR count). The Morgan fingerprint density at radius 1 is 0.750 bits per heavy atom. The third kappa shape index (κ3) is 7.31.